The number of halogens is 1. The van der Waals surface area contributed by atoms with Crippen molar-refractivity contribution in [2.24, 2.45) is 0 Å². The molecule has 1 aliphatic heterocycles. The van der Waals surface area contributed by atoms with Gasteiger partial charge >= 0.3 is 0 Å². The first-order chi connectivity index (χ1) is 10.6. The SMILES string of the molecule is Cc1ccc([C@@H](C)N2CCN(c3ccc(F)cc3)CC2)cc1. The third kappa shape index (κ3) is 3.30. The minimum Gasteiger partial charge on any atom is -0.369 e. The standard InChI is InChI=1S/C19H23FN2/c1-15-3-5-17(6-4-15)16(2)21-11-13-22(14-12-21)19-9-7-18(20)8-10-19/h3-10,16H,11-14H2,1-2H3/t16-/m1/s1. The van der Waals surface area contributed by atoms with Crippen LogP contribution in [0.15, 0.2) is 48.5 Å². The Bertz CT molecular complexity index is 598. The van der Waals surface area contributed by atoms with Gasteiger partial charge in [-0.25, -0.2) is 4.39 Å². The molecular weight excluding hydrogens is 275 g/mol. The summed E-state index contributed by atoms with van der Waals surface area (Å²) in [7, 11) is 0. The van der Waals surface area contributed by atoms with Crippen LogP contribution in [0.3, 0.4) is 0 Å². The average Bonchev–Trinajstić information content (AvgIpc) is 2.56. The third-order valence-corrected chi connectivity index (χ3v) is 4.61. The summed E-state index contributed by atoms with van der Waals surface area (Å²) >= 11 is 0. The summed E-state index contributed by atoms with van der Waals surface area (Å²) in [6, 6.07) is 16.1. The first-order valence-corrected chi connectivity index (χ1v) is 7.94. The average molecular weight is 298 g/mol. The van der Waals surface area contributed by atoms with Crippen LogP contribution in [0, 0.1) is 12.7 Å². The maximum absolute atomic E-state index is 13.0. The molecular formula is C19H23FN2. The van der Waals surface area contributed by atoms with Gasteiger partial charge in [0.05, 0.1) is 0 Å². The molecule has 1 fully saturated rings. The lowest BCUT2D eigenvalue weighted by Crippen LogP contribution is -2.47. The van der Waals surface area contributed by atoms with Gasteiger partial charge in [0.25, 0.3) is 0 Å². The number of nitrogens with zero attached hydrogens (tertiary/aromatic N) is 2. The fourth-order valence-corrected chi connectivity index (χ4v) is 3.08. The van der Waals surface area contributed by atoms with Crippen molar-refractivity contribution in [1.82, 2.24) is 4.90 Å². The van der Waals surface area contributed by atoms with Gasteiger partial charge in [0.15, 0.2) is 0 Å². The number of anilines is 1. The highest BCUT2D eigenvalue weighted by Gasteiger charge is 2.22. The molecule has 0 bridgehead atoms. The van der Waals surface area contributed by atoms with Gasteiger partial charge in [-0.15, -0.1) is 0 Å². The van der Waals surface area contributed by atoms with Gasteiger partial charge in [0.2, 0.25) is 0 Å². The molecule has 1 aliphatic rings. The van der Waals surface area contributed by atoms with E-state index in [4.69, 9.17) is 0 Å². The van der Waals surface area contributed by atoms with Crippen molar-refractivity contribution in [2.75, 3.05) is 31.1 Å². The molecule has 2 aromatic rings. The fraction of sp³-hybridized carbons (Fsp3) is 0.368. The molecule has 2 aromatic carbocycles. The van der Waals surface area contributed by atoms with Gasteiger partial charge in [-0.3, -0.25) is 4.90 Å². The van der Waals surface area contributed by atoms with Crippen LogP contribution in [0.2, 0.25) is 0 Å². The molecule has 0 N–H and O–H groups in total. The summed E-state index contributed by atoms with van der Waals surface area (Å²) in [5, 5.41) is 0. The molecule has 1 saturated heterocycles. The zero-order valence-electron chi connectivity index (χ0n) is 13.3. The summed E-state index contributed by atoms with van der Waals surface area (Å²) < 4.78 is 13.0. The van der Waals surface area contributed by atoms with Gasteiger partial charge in [0, 0.05) is 37.9 Å². The molecule has 0 unspecified atom stereocenters. The molecule has 22 heavy (non-hydrogen) atoms. The number of benzene rings is 2. The minimum atomic E-state index is -0.171. The van der Waals surface area contributed by atoms with Crippen molar-refractivity contribution in [3.8, 4) is 0 Å². The minimum absolute atomic E-state index is 0.171. The first-order valence-electron chi connectivity index (χ1n) is 7.94. The predicted molar refractivity (Wildman–Crippen MR) is 89.8 cm³/mol. The van der Waals surface area contributed by atoms with E-state index < -0.39 is 0 Å². The molecule has 0 saturated carbocycles. The van der Waals surface area contributed by atoms with E-state index in [1.807, 2.05) is 12.1 Å². The van der Waals surface area contributed by atoms with Crippen molar-refractivity contribution < 1.29 is 4.39 Å². The van der Waals surface area contributed by atoms with Gasteiger partial charge in [-0.05, 0) is 43.7 Å². The van der Waals surface area contributed by atoms with Crippen LogP contribution in [0.5, 0.6) is 0 Å². The maximum Gasteiger partial charge on any atom is 0.123 e. The lowest BCUT2D eigenvalue weighted by Gasteiger charge is -2.39. The van der Waals surface area contributed by atoms with Gasteiger partial charge < -0.3 is 4.90 Å². The van der Waals surface area contributed by atoms with Crippen LogP contribution in [0.25, 0.3) is 0 Å². The summed E-state index contributed by atoms with van der Waals surface area (Å²) in [4.78, 5) is 4.85. The Morgan fingerprint density at radius 3 is 2.05 bits per heavy atom. The smallest absolute Gasteiger partial charge is 0.123 e. The number of piperazine rings is 1. The summed E-state index contributed by atoms with van der Waals surface area (Å²) in [5.41, 5.74) is 3.79. The summed E-state index contributed by atoms with van der Waals surface area (Å²) in [6.45, 7) is 8.44. The lowest BCUT2D eigenvalue weighted by atomic mass is 10.0. The Kier molecular flexibility index (Phi) is 4.44. The molecule has 0 aromatic heterocycles. The van der Waals surface area contributed by atoms with Gasteiger partial charge in [-0.2, -0.15) is 0 Å². The second-order valence-electron chi connectivity index (χ2n) is 6.09. The predicted octanol–water partition coefficient (Wildman–Crippen LogP) is 4.02. The van der Waals surface area contributed by atoms with E-state index in [0.29, 0.717) is 6.04 Å². The quantitative estimate of drug-likeness (QED) is 0.844. The Morgan fingerprint density at radius 1 is 0.864 bits per heavy atom. The second-order valence-corrected chi connectivity index (χ2v) is 6.09. The van der Waals surface area contributed by atoms with Crippen LogP contribution >= 0.6 is 0 Å². The maximum atomic E-state index is 13.0. The van der Waals surface area contributed by atoms with E-state index in [1.54, 1.807) is 0 Å². The molecule has 1 atom stereocenters. The highest BCUT2D eigenvalue weighted by atomic mass is 19.1. The van der Waals surface area contributed by atoms with Crippen LogP contribution < -0.4 is 4.90 Å². The highest BCUT2D eigenvalue weighted by molar-refractivity contribution is 5.46. The van der Waals surface area contributed by atoms with E-state index in [0.717, 1.165) is 31.9 Å². The topological polar surface area (TPSA) is 6.48 Å². The molecule has 0 spiro atoms. The zero-order chi connectivity index (χ0) is 15.5. The molecule has 3 rings (SSSR count). The van der Waals surface area contributed by atoms with E-state index >= 15 is 0 Å². The van der Waals surface area contributed by atoms with Crippen molar-refractivity contribution in [3.63, 3.8) is 0 Å². The Morgan fingerprint density at radius 2 is 1.45 bits per heavy atom. The number of hydrogen-bond donors (Lipinski definition) is 0. The number of hydrogen-bond acceptors (Lipinski definition) is 2. The van der Waals surface area contributed by atoms with Gasteiger partial charge in [-0.1, -0.05) is 29.8 Å². The molecule has 116 valence electrons. The van der Waals surface area contributed by atoms with Crippen molar-refractivity contribution >= 4 is 5.69 Å². The van der Waals surface area contributed by atoms with Crippen LogP contribution in [0.4, 0.5) is 10.1 Å². The van der Waals surface area contributed by atoms with E-state index in [-0.39, 0.29) is 5.82 Å². The van der Waals surface area contributed by atoms with Crippen molar-refractivity contribution in [3.05, 3.63) is 65.5 Å². The highest BCUT2D eigenvalue weighted by Crippen LogP contribution is 2.24. The lowest BCUT2D eigenvalue weighted by molar-refractivity contribution is 0.198. The van der Waals surface area contributed by atoms with Crippen molar-refractivity contribution in [1.29, 1.82) is 0 Å². The molecule has 3 heteroatoms. The van der Waals surface area contributed by atoms with E-state index in [2.05, 4.69) is 47.9 Å². The molecule has 2 nitrogen and oxygen atoms in total. The molecule has 1 heterocycles. The van der Waals surface area contributed by atoms with Gasteiger partial charge in [0.1, 0.15) is 5.82 Å². The Labute approximate surface area is 132 Å². The monoisotopic (exact) mass is 298 g/mol. The van der Waals surface area contributed by atoms with E-state index in [1.165, 1.54) is 23.3 Å². The van der Waals surface area contributed by atoms with Crippen LogP contribution in [-0.2, 0) is 0 Å². The Hall–Kier alpha value is -1.87. The number of rotatable bonds is 3. The van der Waals surface area contributed by atoms with Crippen LogP contribution in [-0.4, -0.2) is 31.1 Å². The fourth-order valence-electron chi connectivity index (χ4n) is 3.08. The molecule has 0 amide bonds. The van der Waals surface area contributed by atoms with E-state index in [9.17, 15) is 4.39 Å². The van der Waals surface area contributed by atoms with Crippen molar-refractivity contribution in [2.45, 2.75) is 19.9 Å². The number of aryl methyl sites for hydroxylation is 1. The molecule has 0 aliphatic carbocycles. The first kappa shape index (κ1) is 15.0. The zero-order valence-corrected chi connectivity index (χ0v) is 13.3. The normalized spacial score (nSPS) is 17.5. The largest absolute Gasteiger partial charge is 0.369 e. The Balaban J connectivity index is 1.61. The van der Waals surface area contributed by atoms with Crippen LogP contribution in [0.1, 0.15) is 24.1 Å². The summed E-state index contributed by atoms with van der Waals surface area (Å²) in [6.07, 6.45) is 0. The third-order valence-electron chi connectivity index (χ3n) is 4.61. The molecule has 0 radical (unpaired) electrons. The second kappa shape index (κ2) is 6.49. The summed E-state index contributed by atoms with van der Waals surface area (Å²) in [5.74, 6) is -0.171.